The van der Waals surface area contributed by atoms with Crippen molar-refractivity contribution in [3.05, 3.63) is 0 Å². The van der Waals surface area contributed by atoms with E-state index in [0.29, 0.717) is 0 Å². The van der Waals surface area contributed by atoms with Gasteiger partial charge in [-0.05, 0) is 0 Å². The number of carboxylic acid groups (broad SMARTS) is 1. The van der Waals surface area contributed by atoms with Crippen molar-refractivity contribution in [2.24, 2.45) is 5.73 Å². The van der Waals surface area contributed by atoms with Gasteiger partial charge in [0.05, 0.1) is 0 Å². The SMILES string of the molecule is N[C@@]1(O)O[C@H](C(=O)O)[C@@H](O)[C@H](O)[C@H]1O. The van der Waals surface area contributed by atoms with E-state index < -0.39 is 36.3 Å². The monoisotopic (exact) mass is 209 g/mol. The van der Waals surface area contributed by atoms with Gasteiger partial charge in [-0.1, -0.05) is 0 Å². The Hall–Kier alpha value is -0.770. The van der Waals surface area contributed by atoms with Crippen LogP contribution >= 0.6 is 0 Å². The fourth-order valence-corrected chi connectivity index (χ4v) is 1.15. The Bertz CT molecular complexity index is 242. The molecule has 0 aromatic heterocycles. The summed E-state index contributed by atoms with van der Waals surface area (Å²) in [5, 5.41) is 44.9. The first-order chi connectivity index (χ1) is 6.27. The molecule has 82 valence electrons. The van der Waals surface area contributed by atoms with Crippen molar-refractivity contribution in [1.29, 1.82) is 0 Å². The van der Waals surface area contributed by atoms with Gasteiger partial charge < -0.3 is 30.3 Å². The number of ether oxygens (including phenoxy) is 1. The molecule has 8 heteroatoms. The minimum absolute atomic E-state index is 1.60. The Morgan fingerprint density at radius 1 is 1.29 bits per heavy atom. The number of aliphatic carboxylic acids is 1. The highest BCUT2D eigenvalue weighted by Gasteiger charge is 2.53. The van der Waals surface area contributed by atoms with Crippen LogP contribution in [0.25, 0.3) is 0 Å². The van der Waals surface area contributed by atoms with E-state index in [2.05, 4.69) is 4.74 Å². The molecule has 0 bridgehead atoms. The number of aliphatic hydroxyl groups excluding tert-OH is 3. The number of hydrogen-bond acceptors (Lipinski definition) is 7. The van der Waals surface area contributed by atoms with Crippen LogP contribution in [0.5, 0.6) is 0 Å². The molecule has 0 spiro atoms. The van der Waals surface area contributed by atoms with Crippen molar-refractivity contribution in [1.82, 2.24) is 0 Å². The molecule has 0 aliphatic carbocycles. The van der Waals surface area contributed by atoms with Crippen LogP contribution in [0.4, 0.5) is 0 Å². The third kappa shape index (κ3) is 1.71. The zero-order valence-corrected chi connectivity index (χ0v) is 6.94. The summed E-state index contributed by atoms with van der Waals surface area (Å²) >= 11 is 0. The second-order valence-corrected chi connectivity index (χ2v) is 3.05. The fourth-order valence-electron chi connectivity index (χ4n) is 1.15. The van der Waals surface area contributed by atoms with Gasteiger partial charge in [0.25, 0.3) is 5.91 Å². The van der Waals surface area contributed by atoms with E-state index in [4.69, 9.17) is 31.3 Å². The van der Waals surface area contributed by atoms with Crippen molar-refractivity contribution in [3.63, 3.8) is 0 Å². The average Bonchev–Trinajstić information content (AvgIpc) is 2.08. The molecule has 1 fully saturated rings. The van der Waals surface area contributed by atoms with E-state index in [-0.39, 0.29) is 0 Å². The van der Waals surface area contributed by atoms with Gasteiger partial charge in [-0.15, -0.1) is 0 Å². The minimum atomic E-state index is -2.69. The van der Waals surface area contributed by atoms with E-state index in [1.54, 1.807) is 0 Å². The molecule has 0 radical (unpaired) electrons. The molecule has 0 aromatic rings. The number of nitrogens with two attached hydrogens (primary N) is 1. The lowest BCUT2D eigenvalue weighted by molar-refractivity contribution is -0.339. The summed E-state index contributed by atoms with van der Waals surface area (Å²) in [6, 6.07) is 0. The number of aliphatic hydroxyl groups is 4. The molecular weight excluding hydrogens is 198 g/mol. The Balaban J connectivity index is 2.90. The van der Waals surface area contributed by atoms with E-state index in [0.717, 1.165) is 0 Å². The molecule has 0 aromatic carbocycles. The van der Waals surface area contributed by atoms with Crippen molar-refractivity contribution in [3.8, 4) is 0 Å². The molecule has 1 aliphatic heterocycles. The van der Waals surface area contributed by atoms with Gasteiger partial charge >= 0.3 is 5.97 Å². The third-order valence-electron chi connectivity index (χ3n) is 1.97. The van der Waals surface area contributed by atoms with E-state index in [9.17, 15) is 4.79 Å². The summed E-state index contributed by atoms with van der Waals surface area (Å²) in [7, 11) is 0. The number of hydrogen-bond donors (Lipinski definition) is 6. The normalized spacial score (nSPS) is 48.9. The van der Waals surface area contributed by atoms with Gasteiger partial charge in [-0.2, -0.15) is 0 Å². The largest absolute Gasteiger partial charge is 0.479 e. The molecular formula is C6H11NO7. The van der Waals surface area contributed by atoms with Crippen LogP contribution < -0.4 is 5.73 Å². The van der Waals surface area contributed by atoms with Crippen LogP contribution in [-0.2, 0) is 9.53 Å². The van der Waals surface area contributed by atoms with E-state index in [1.165, 1.54) is 0 Å². The summed E-state index contributed by atoms with van der Waals surface area (Å²) in [4.78, 5) is 10.5. The van der Waals surface area contributed by atoms with Gasteiger partial charge in [0.2, 0.25) is 0 Å². The van der Waals surface area contributed by atoms with Crippen LogP contribution in [-0.4, -0.2) is 61.8 Å². The van der Waals surface area contributed by atoms with Gasteiger partial charge in [-0.25, -0.2) is 4.79 Å². The lowest BCUT2D eigenvalue weighted by Gasteiger charge is -2.41. The van der Waals surface area contributed by atoms with Gasteiger partial charge in [0, 0.05) is 0 Å². The van der Waals surface area contributed by atoms with Crippen LogP contribution in [0.1, 0.15) is 0 Å². The zero-order chi connectivity index (χ0) is 11.1. The molecule has 7 N–H and O–H groups in total. The van der Waals surface area contributed by atoms with Crippen molar-refractivity contribution >= 4 is 5.97 Å². The van der Waals surface area contributed by atoms with E-state index >= 15 is 0 Å². The summed E-state index contributed by atoms with van der Waals surface area (Å²) in [6.45, 7) is 0. The molecule has 1 aliphatic rings. The molecule has 0 saturated carbocycles. The maximum Gasteiger partial charge on any atom is 0.335 e. The van der Waals surface area contributed by atoms with E-state index in [1.807, 2.05) is 0 Å². The van der Waals surface area contributed by atoms with Gasteiger partial charge in [-0.3, -0.25) is 5.73 Å². The lowest BCUT2D eigenvalue weighted by Crippen LogP contribution is -2.69. The maximum absolute atomic E-state index is 10.5. The lowest BCUT2D eigenvalue weighted by atomic mass is 9.97. The molecule has 1 rings (SSSR count). The average molecular weight is 209 g/mol. The second kappa shape index (κ2) is 3.42. The molecule has 1 heterocycles. The highest BCUT2D eigenvalue weighted by molar-refractivity contribution is 5.73. The first kappa shape index (κ1) is 11.3. The number of carbonyl (C=O) groups is 1. The summed E-state index contributed by atoms with van der Waals surface area (Å²) in [5.74, 6) is -4.30. The fraction of sp³-hybridized carbons (Fsp3) is 0.833. The number of rotatable bonds is 1. The second-order valence-electron chi connectivity index (χ2n) is 3.05. The first-order valence-corrected chi connectivity index (χ1v) is 3.73. The Labute approximate surface area is 78.1 Å². The summed E-state index contributed by atoms with van der Waals surface area (Å²) in [6.07, 6.45) is -7.61. The molecule has 1 saturated heterocycles. The Morgan fingerprint density at radius 3 is 2.21 bits per heavy atom. The van der Waals surface area contributed by atoms with Crippen LogP contribution in [0.2, 0.25) is 0 Å². The topological polar surface area (TPSA) is 153 Å². The standard InChI is InChI=1S/C6H11NO7/c7-6(13)4(10)2(9)1(8)3(14-6)5(11)12/h1-4,8-10,13H,7H2,(H,11,12)/t1-,2-,3-,4+,6-/m0/s1. The van der Waals surface area contributed by atoms with Crippen LogP contribution in [0.15, 0.2) is 0 Å². The third-order valence-corrected chi connectivity index (χ3v) is 1.97. The minimum Gasteiger partial charge on any atom is -0.479 e. The van der Waals surface area contributed by atoms with Crippen molar-refractivity contribution in [2.75, 3.05) is 0 Å². The molecule has 14 heavy (non-hydrogen) atoms. The highest BCUT2D eigenvalue weighted by atomic mass is 16.7. The smallest absolute Gasteiger partial charge is 0.335 e. The van der Waals surface area contributed by atoms with Crippen LogP contribution in [0.3, 0.4) is 0 Å². The number of carboxylic acids is 1. The summed E-state index contributed by atoms with van der Waals surface area (Å²) < 4.78 is 4.30. The predicted molar refractivity (Wildman–Crippen MR) is 39.7 cm³/mol. The molecule has 0 unspecified atom stereocenters. The summed E-state index contributed by atoms with van der Waals surface area (Å²) in [5.41, 5.74) is 4.95. The van der Waals surface area contributed by atoms with Crippen molar-refractivity contribution < 1.29 is 35.1 Å². The zero-order valence-electron chi connectivity index (χ0n) is 6.94. The quantitative estimate of drug-likeness (QED) is 0.240. The van der Waals surface area contributed by atoms with Gasteiger partial charge in [0.1, 0.15) is 12.2 Å². The van der Waals surface area contributed by atoms with Crippen LogP contribution in [0, 0.1) is 0 Å². The molecule has 8 nitrogen and oxygen atoms in total. The molecule has 5 atom stereocenters. The molecule has 0 amide bonds. The van der Waals surface area contributed by atoms with Gasteiger partial charge in [0.15, 0.2) is 12.2 Å². The first-order valence-electron chi connectivity index (χ1n) is 3.73. The Morgan fingerprint density at radius 2 is 1.79 bits per heavy atom. The van der Waals surface area contributed by atoms with Crippen molar-refractivity contribution in [2.45, 2.75) is 30.3 Å². The predicted octanol–water partition coefficient (Wildman–Crippen LogP) is -3.84. The highest BCUT2D eigenvalue weighted by Crippen LogP contribution is 2.24. The maximum atomic E-state index is 10.5. The Kier molecular flexibility index (Phi) is 2.76.